The average Bonchev–Trinajstić information content (AvgIpc) is 2.51. The van der Waals surface area contributed by atoms with Crippen molar-refractivity contribution in [3.8, 4) is 5.75 Å². The van der Waals surface area contributed by atoms with Crippen LogP contribution in [0.15, 0.2) is 36.4 Å². The minimum atomic E-state index is -4.39. The van der Waals surface area contributed by atoms with Gasteiger partial charge in [-0.3, -0.25) is 4.79 Å². The fourth-order valence-electron chi connectivity index (χ4n) is 2.46. The Kier molecular flexibility index (Phi) is 5.66. The summed E-state index contributed by atoms with van der Waals surface area (Å²) in [5.74, 6) is 0.162. The number of likely N-dealkylation sites (N-methyl/N-ethyl adjacent to an activating group) is 1. The van der Waals surface area contributed by atoms with E-state index in [1.807, 2.05) is 41.7 Å². The highest BCUT2D eigenvalue weighted by Gasteiger charge is 2.28. The van der Waals surface area contributed by atoms with Crippen molar-refractivity contribution in [2.45, 2.75) is 12.7 Å². The molecule has 0 heterocycles. The first-order valence-electron chi connectivity index (χ1n) is 7.48. The van der Waals surface area contributed by atoms with Gasteiger partial charge >= 0.3 is 6.18 Å². The Morgan fingerprint density at radius 2 is 1.83 bits per heavy atom. The van der Waals surface area contributed by atoms with E-state index in [1.54, 1.807) is 14.2 Å². The van der Waals surface area contributed by atoms with Crippen LogP contribution in [0.4, 0.5) is 13.2 Å². The molecule has 1 unspecified atom stereocenters. The van der Waals surface area contributed by atoms with E-state index < -0.39 is 18.6 Å². The number of amides is 1. The molecular formula is C17H20F3N2O2+. The van der Waals surface area contributed by atoms with Gasteiger partial charge in [-0.15, -0.1) is 0 Å². The van der Waals surface area contributed by atoms with E-state index in [0.29, 0.717) is 6.54 Å². The molecule has 2 aromatic rings. The number of alkyl halides is 3. The first-order valence-corrected chi connectivity index (χ1v) is 7.48. The summed E-state index contributed by atoms with van der Waals surface area (Å²) < 4.78 is 41.4. The van der Waals surface area contributed by atoms with Crippen LogP contribution in [0.5, 0.6) is 5.75 Å². The Balaban J connectivity index is 1.95. The third-order valence-electron chi connectivity index (χ3n) is 3.57. The Bertz CT molecular complexity index is 717. The predicted octanol–water partition coefficient (Wildman–Crippen LogP) is 1.54. The van der Waals surface area contributed by atoms with E-state index in [4.69, 9.17) is 4.74 Å². The van der Waals surface area contributed by atoms with E-state index in [-0.39, 0.29) is 6.54 Å². The molecule has 2 aromatic carbocycles. The van der Waals surface area contributed by atoms with Crippen LogP contribution < -0.4 is 15.0 Å². The van der Waals surface area contributed by atoms with Gasteiger partial charge in [0.05, 0.1) is 14.2 Å². The van der Waals surface area contributed by atoms with Crippen LogP contribution in [-0.4, -0.2) is 39.3 Å². The normalized spacial score (nSPS) is 12.9. The Hall–Kier alpha value is -2.28. The monoisotopic (exact) mass is 341 g/mol. The Morgan fingerprint density at radius 1 is 1.17 bits per heavy atom. The molecule has 24 heavy (non-hydrogen) atoms. The summed E-state index contributed by atoms with van der Waals surface area (Å²) in [5.41, 5.74) is 1.01. The lowest BCUT2D eigenvalue weighted by molar-refractivity contribution is -0.885. The van der Waals surface area contributed by atoms with Crippen molar-refractivity contribution in [1.82, 2.24) is 5.32 Å². The highest BCUT2D eigenvalue weighted by molar-refractivity contribution is 5.84. The first-order chi connectivity index (χ1) is 11.3. The number of halogens is 3. The minimum absolute atomic E-state index is 0.0171. The molecule has 0 aliphatic carbocycles. The number of hydrogen-bond acceptors (Lipinski definition) is 2. The van der Waals surface area contributed by atoms with Crippen LogP contribution in [-0.2, 0) is 11.3 Å². The zero-order valence-electron chi connectivity index (χ0n) is 13.5. The van der Waals surface area contributed by atoms with E-state index in [2.05, 4.69) is 0 Å². The van der Waals surface area contributed by atoms with Gasteiger partial charge in [0.15, 0.2) is 6.54 Å². The van der Waals surface area contributed by atoms with Crippen LogP contribution >= 0.6 is 0 Å². The molecule has 1 amide bonds. The zero-order valence-corrected chi connectivity index (χ0v) is 13.5. The minimum Gasteiger partial charge on any atom is -0.497 e. The van der Waals surface area contributed by atoms with E-state index in [0.717, 1.165) is 27.0 Å². The predicted molar refractivity (Wildman–Crippen MR) is 85.0 cm³/mol. The molecule has 0 bridgehead atoms. The number of rotatable bonds is 6. The fourth-order valence-corrected chi connectivity index (χ4v) is 2.46. The number of ether oxygens (including phenoxy) is 1. The summed E-state index contributed by atoms with van der Waals surface area (Å²) in [4.78, 5) is 12.3. The van der Waals surface area contributed by atoms with Gasteiger partial charge in [-0.05, 0) is 29.0 Å². The van der Waals surface area contributed by atoms with Crippen LogP contribution in [0, 0.1) is 0 Å². The van der Waals surface area contributed by atoms with Gasteiger partial charge in [0.1, 0.15) is 18.8 Å². The SMILES string of the molecule is COc1ccc2cc(C[NH+](C)CC(=O)NCC(F)(F)F)ccc2c1. The maximum atomic E-state index is 12.1. The summed E-state index contributed by atoms with van der Waals surface area (Å²) >= 11 is 0. The van der Waals surface area contributed by atoms with Crippen molar-refractivity contribution >= 4 is 16.7 Å². The van der Waals surface area contributed by atoms with Crippen LogP contribution in [0.25, 0.3) is 10.8 Å². The van der Waals surface area contributed by atoms with Crippen molar-refractivity contribution in [1.29, 1.82) is 0 Å². The fraction of sp³-hybridized carbons (Fsp3) is 0.353. The highest BCUT2D eigenvalue weighted by Crippen LogP contribution is 2.21. The molecule has 2 rings (SSSR count). The molecule has 0 saturated heterocycles. The largest absolute Gasteiger partial charge is 0.497 e. The van der Waals surface area contributed by atoms with E-state index in [9.17, 15) is 18.0 Å². The number of carbonyl (C=O) groups excluding carboxylic acids is 1. The number of carbonyl (C=O) groups is 1. The maximum Gasteiger partial charge on any atom is 0.405 e. The van der Waals surface area contributed by atoms with Crippen LogP contribution in [0.3, 0.4) is 0 Å². The Labute approximate surface area is 138 Å². The zero-order chi connectivity index (χ0) is 17.7. The summed E-state index contributed by atoms with van der Waals surface area (Å²) in [6.45, 7) is -0.769. The molecule has 130 valence electrons. The summed E-state index contributed by atoms with van der Waals surface area (Å²) in [6, 6.07) is 11.7. The second-order valence-electron chi connectivity index (χ2n) is 5.75. The Morgan fingerprint density at radius 3 is 2.50 bits per heavy atom. The lowest BCUT2D eigenvalue weighted by atomic mass is 10.1. The van der Waals surface area contributed by atoms with Gasteiger partial charge in [-0.1, -0.05) is 18.2 Å². The van der Waals surface area contributed by atoms with Crippen molar-refractivity contribution in [2.24, 2.45) is 0 Å². The smallest absolute Gasteiger partial charge is 0.405 e. The van der Waals surface area contributed by atoms with Crippen molar-refractivity contribution in [3.05, 3.63) is 42.0 Å². The lowest BCUT2D eigenvalue weighted by Gasteiger charge is -2.15. The molecule has 0 radical (unpaired) electrons. The lowest BCUT2D eigenvalue weighted by Crippen LogP contribution is -3.08. The number of methoxy groups -OCH3 is 1. The molecule has 0 saturated carbocycles. The van der Waals surface area contributed by atoms with Crippen molar-refractivity contribution < 1.29 is 27.6 Å². The quantitative estimate of drug-likeness (QED) is 0.837. The van der Waals surface area contributed by atoms with E-state index in [1.165, 1.54) is 0 Å². The number of nitrogens with one attached hydrogen (secondary N) is 2. The van der Waals surface area contributed by atoms with E-state index >= 15 is 0 Å². The summed E-state index contributed by atoms with van der Waals surface area (Å²) in [5, 5.41) is 3.97. The van der Waals surface area contributed by atoms with Crippen LogP contribution in [0.2, 0.25) is 0 Å². The van der Waals surface area contributed by atoms with Crippen molar-refractivity contribution in [3.63, 3.8) is 0 Å². The molecule has 0 spiro atoms. The number of benzene rings is 2. The first kappa shape index (κ1) is 18.1. The third kappa shape index (κ3) is 5.42. The average molecular weight is 341 g/mol. The second-order valence-corrected chi connectivity index (χ2v) is 5.75. The standard InChI is InChI=1S/C17H19F3N2O2/c1-22(10-16(23)21-11-17(18,19)20)9-12-3-4-14-8-15(24-2)6-5-13(14)7-12/h3-8H,9-11H2,1-2H3,(H,21,23)/p+1. The summed E-state index contributed by atoms with van der Waals surface area (Å²) in [7, 11) is 3.38. The van der Waals surface area contributed by atoms with Gasteiger partial charge in [0.2, 0.25) is 0 Å². The molecule has 0 fully saturated rings. The van der Waals surface area contributed by atoms with Gasteiger partial charge < -0.3 is 15.0 Å². The molecule has 1 atom stereocenters. The molecule has 0 aliphatic rings. The molecule has 2 N–H and O–H groups in total. The highest BCUT2D eigenvalue weighted by atomic mass is 19.4. The molecule has 0 aromatic heterocycles. The van der Waals surface area contributed by atoms with Gasteiger partial charge in [0.25, 0.3) is 5.91 Å². The topological polar surface area (TPSA) is 42.8 Å². The molecular weight excluding hydrogens is 321 g/mol. The number of fused-ring (bicyclic) bond motifs is 1. The number of hydrogen-bond donors (Lipinski definition) is 2. The van der Waals surface area contributed by atoms with Gasteiger partial charge in [-0.25, -0.2) is 0 Å². The molecule has 4 nitrogen and oxygen atoms in total. The maximum absolute atomic E-state index is 12.1. The third-order valence-corrected chi connectivity index (χ3v) is 3.57. The molecule has 0 aliphatic heterocycles. The van der Waals surface area contributed by atoms with Gasteiger partial charge in [-0.2, -0.15) is 13.2 Å². The second kappa shape index (κ2) is 7.53. The number of quaternary nitrogens is 1. The molecule has 7 heteroatoms. The van der Waals surface area contributed by atoms with Crippen LogP contribution in [0.1, 0.15) is 5.56 Å². The summed E-state index contributed by atoms with van der Waals surface area (Å²) in [6.07, 6.45) is -4.39. The van der Waals surface area contributed by atoms with Gasteiger partial charge in [0, 0.05) is 5.56 Å². The van der Waals surface area contributed by atoms with Crippen molar-refractivity contribution in [2.75, 3.05) is 27.2 Å².